The number of rotatable bonds is 1. The van der Waals surface area contributed by atoms with Crippen LogP contribution in [0.4, 0.5) is 0 Å². The first-order chi connectivity index (χ1) is 6.18. The fraction of sp³-hybridized carbons (Fsp3) is 0. The van der Waals surface area contributed by atoms with Crippen molar-refractivity contribution in [3.05, 3.63) is 27.7 Å². The standard InChI is InChI=1S/C8H5NO2S2/c10-7(11)4-2-1-3-5-6(4)9-8(12)13-5/h1-3H,(H,9,12)(H,10,11). The van der Waals surface area contributed by atoms with E-state index in [-0.39, 0.29) is 5.56 Å². The molecule has 1 aromatic heterocycles. The molecule has 0 saturated carbocycles. The van der Waals surface area contributed by atoms with Gasteiger partial charge < -0.3 is 10.1 Å². The molecule has 0 aliphatic carbocycles. The van der Waals surface area contributed by atoms with Crippen molar-refractivity contribution in [1.29, 1.82) is 0 Å². The van der Waals surface area contributed by atoms with Crippen LogP contribution in [0, 0.1) is 3.95 Å². The monoisotopic (exact) mass is 211 g/mol. The molecule has 0 aliphatic rings. The molecule has 2 N–H and O–H groups in total. The number of aromatic amines is 1. The number of carboxylic acid groups (broad SMARTS) is 1. The van der Waals surface area contributed by atoms with Crippen LogP contribution in [0.2, 0.25) is 0 Å². The van der Waals surface area contributed by atoms with Gasteiger partial charge in [0.25, 0.3) is 0 Å². The lowest BCUT2D eigenvalue weighted by atomic mass is 10.2. The van der Waals surface area contributed by atoms with E-state index in [2.05, 4.69) is 4.98 Å². The van der Waals surface area contributed by atoms with Crippen molar-refractivity contribution in [2.75, 3.05) is 0 Å². The van der Waals surface area contributed by atoms with Gasteiger partial charge in [0.1, 0.15) is 0 Å². The molecule has 13 heavy (non-hydrogen) atoms. The molecule has 0 radical (unpaired) electrons. The number of fused-ring (bicyclic) bond motifs is 1. The Kier molecular flexibility index (Phi) is 1.90. The van der Waals surface area contributed by atoms with Gasteiger partial charge >= 0.3 is 5.97 Å². The number of benzene rings is 1. The van der Waals surface area contributed by atoms with Crippen LogP contribution in [0.5, 0.6) is 0 Å². The van der Waals surface area contributed by atoms with Crippen LogP contribution in [-0.4, -0.2) is 16.1 Å². The van der Waals surface area contributed by atoms with Crippen LogP contribution in [0.15, 0.2) is 18.2 Å². The molecule has 0 atom stereocenters. The maximum atomic E-state index is 10.8. The van der Waals surface area contributed by atoms with E-state index < -0.39 is 5.97 Å². The minimum absolute atomic E-state index is 0.268. The highest BCUT2D eigenvalue weighted by molar-refractivity contribution is 7.73. The Balaban J connectivity index is 2.90. The first kappa shape index (κ1) is 8.40. The first-order valence-electron chi connectivity index (χ1n) is 3.53. The third-order valence-electron chi connectivity index (χ3n) is 1.69. The highest BCUT2D eigenvalue weighted by atomic mass is 32.1. The van der Waals surface area contributed by atoms with E-state index in [0.717, 1.165) is 4.70 Å². The fourth-order valence-electron chi connectivity index (χ4n) is 1.15. The molecule has 0 saturated heterocycles. The molecule has 3 nitrogen and oxygen atoms in total. The maximum absolute atomic E-state index is 10.8. The van der Waals surface area contributed by atoms with Gasteiger partial charge in [-0.3, -0.25) is 0 Å². The normalized spacial score (nSPS) is 10.5. The van der Waals surface area contributed by atoms with E-state index >= 15 is 0 Å². The molecule has 0 unspecified atom stereocenters. The number of carboxylic acids is 1. The Morgan fingerprint density at radius 2 is 2.31 bits per heavy atom. The lowest BCUT2D eigenvalue weighted by molar-refractivity contribution is 0.0699. The number of hydrogen-bond acceptors (Lipinski definition) is 3. The SMILES string of the molecule is O=C(O)c1cccc2sc(=S)[nH]c12. The molecule has 0 bridgehead atoms. The van der Waals surface area contributed by atoms with E-state index in [1.54, 1.807) is 12.1 Å². The summed E-state index contributed by atoms with van der Waals surface area (Å²) in [6, 6.07) is 5.12. The second-order valence-electron chi connectivity index (χ2n) is 2.50. The fourth-order valence-corrected chi connectivity index (χ4v) is 2.28. The van der Waals surface area contributed by atoms with Gasteiger partial charge in [-0.2, -0.15) is 0 Å². The van der Waals surface area contributed by atoms with Gasteiger partial charge in [-0.05, 0) is 24.4 Å². The van der Waals surface area contributed by atoms with Crippen LogP contribution >= 0.6 is 23.6 Å². The minimum Gasteiger partial charge on any atom is -0.478 e. The van der Waals surface area contributed by atoms with Crippen molar-refractivity contribution >= 4 is 39.7 Å². The molecule has 0 spiro atoms. The number of nitrogens with one attached hydrogen (secondary N) is 1. The molecule has 0 aliphatic heterocycles. The number of aromatic carboxylic acids is 1. The van der Waals surface area contributed by atoms with Crippen LogP contribution in [0.1, 0.15) is 10.4 Å². The van der Waals surface area contributed by atoms with E-state index in [1.165, 1.54) is 11.3 Å². The quantitative estimate of drug-likeness (QED) is 0.713. The molecule has 0 amide bonds. The molecular weight excluding hydrogens is 206 g/mol. The zero-order valence-electron chi connectivity index (χ0n) is 6.40. The lowest BCUT2D eigenvalue weighted by Gasteiger charge is -1.94. The zero-order chi connectivity index (χ0) is 9.42. The molecule has 2 aromatic rings. The molecule has 1 heterocycles. The van der Waals surface area contributed by atoms with Crippen molar-refractivity contribution in [2.45, 2.75) is 0 Å². The highest BCUT2D eigenvalue weighted by Crippen LogP contribution is 2.22. The van der Waals surface area contributed by atoms with Crippen LogP contribution in [0.25, 0.3) is 10.2 Å². The number of para-hydroxylation sites is 1. The van der Waals surface area contributed by atoms with E-state index in [0.29, 0.717) is 9.47 Å². The van der Waals surface area contributed by atoms with Gasteiger partial charge in [0, 0.05) is 0 Å². The Morgan fingerprint density at radius 1 is 1.54 bits per heavy atom. The van der Waals surface area contributed by atoms with Gasteiger partial charge in [-0.1, -0.05) is 6.07 Å². The van der Waals surface area contributed by atoms with Crippen LogP contribution < -0.4 is 0 Å². The van der Waals surface area contributed by atoms with E-state index in [4.69, 9.17) is 17.3 Å². The number of thiazole rings is 1. The van der Waals surface area contributed by atoms with E-state index in [1.807, 2.05) is 6.07 Å². The zero-order valence-corrected chi connectivity index (χ0v) is 8.04. The summed E-state index contributed by atoms with van der Waals surface area (Å²) < 4.78 is 1.48. The summed E-state index contributed by atoms with van der Waals surface area (Å²) in [4.78, 5) is 13.6. The molecule has 1 aromatic carbocycles. The highest BCUT2D eigenvalue weighted by Gasteiger charge is 2.08. The summed E-state index contributed by atoms with van der Waals surface area (Å²) in [7, 11) is 0. The predicted octanol–water partition coefficient (Wildman–Crippen LogP) is 2.66. The third-order valence-corrected chi connectivity index (χ3v) is 2.89. The molecule has 0 fully saturated rings. The number of carbonyl (C=O) groups is 1. The van der Waals surface area contributed by atoms with Crippen LogP contribution in [-0.2, 0) is 0 Å². The Morgan fingerprint density at radius 3 is 3.00 bits per heavy atom. The summed E-state index contributed by atoms with van der Waals surface area (Å²) in [6.07, 6.45) is 0. The largest absolute Gasteiger partial charge is 0.478 e. The van der Waals surface area contributed by atoms with Gasteiger partial charge in [-0.25, -0.2) is 4.79 Å². The lowest BCUT2D eigenvalue weighted by Crippen LogP contribution is -1.96. The van der Waals surface area contributed by atoms with Crippen molar-refractivity contribution in [2.24, 2.45) is 0 Å². The maximum Gasteiger partial charge on any atom is 0.337 e. The smallest absolute Gasteiger partial charge is 0.337 e. The minimum atomic E-state index is -0.936. The van der Waals surface area contributed by atoms with Gasteiger partial charge in [0.05, 0.1) is 15.8 Å². The van der Waals surface area contributed by atoms with E-state index in [9.17, 15) is 4.79 Å². The van der Waals surface area contributed by atoms with Gasteiger partial charge in [0.2, 0.25) is 0 Å². The number of aromatic nitrogens is 1. The summed E-state index contributed by atoms with van der Waals surface area (Å²) in [5.41, 5.74) is 0.884. The molecule has 5 heteroatoms. The van der Waals surface area contributed by atoms with Crippen LogP contribution in [0.3, 0.4) is 0 Å². The average molecular weight is 211 g/mol. The van der Waals surface area contributed by atoms with Crippen molar-refractivity contribution in [3.63, 3.8) is 0 Å². The Hall–Kier alpha value is -1.20. The first-order valence-corrected chi connectivity index (χ1v) is 4.76. The van der Waals surface area contributed by atoms with Gasteiger partial charge in [0.15, 0.2) is 3.95 Å². The van der Waals surface area contributed by atoms with Gasteiger partial charge in [-0.15, -0.1) is 11.3 Å². The third kappa shape index (κ3) is 1.36. The summed E-state index contributed by atoms with van der Waals surface area (Å²) in [6.45, 7) is 0. The molecular formula is C8H5NO2S2. The Bertz CT molecular complexity index is 526. The predicted molar refractivity (Wildman–Crippen MR) is 54.0 cm³/mol. The van der Waals surface area contributed by atoms with Crippen molar-refractivity contribution < 1.29 is 9.90 Å². The number of hydrogen-bond donors (Lipinski definition) is 2. The number of H-pyrrole nitrogens is 1. The summed E-state index contributed by atoms with van der Waals surface area (Å²) in [5.74, 6) is -0.936. The Labute approximate surface area is 82.7 Å². The molecule has 66 valence electrons. The van der Waals surface area contributed by atoms with Crippen molar-refractivity contribution in [3.8, 4) is 0 Å². The second-order valence-corrected chi connectivity index (χ2v) is 4.22. The topological polar surface area (TPSA) is 53.1 Å². The van der Waals surface area contributed by atoms with Crippen molar-refractivity contribution in [1.82, 2.24) is 4.98 Å². The summed E-state index contributed by atoms with van der Waals surface area (Å²) >= 11 is 6.31. The second kappa shape index (κ2) is 2.93. The summed E-state index contributed by atoms with van der Waals surface area (Å²) in [5, 5.41) is 8.84. The molecule has 2 rings (SSSR count). The average Bonchev–Trinajstić information content (AvgIpc) is 2.43.